The number of ether oxygens (including phenoxy) is 2. The fourth-order valence-electron chi connectivity index (χ4n) is 5.91. The molecule has 0 aromatic heterocycles. The van der Waals surface area contributed by atoms with Crippen LogP contribution in [0.5, 0.6) is 5.75 Å². The molecule has 1 aliphatic heterocycles. The molecule has 0 spiro atoms. The lowest BCUT2D eigenvalue weighted by molar-refractivity contribution is -0.186. The van der Waals surface area contributed by atoms with E-state index in [0.29, 0.717) is 18.6 Å². The van der Waals surface area contributed by atoms with E-state index in [1.807, 2.05) is 19.3 Å². The van der Waals surface area contributed by atoms with Crippen LogP contribution in [-0.4, -0.2) is 49.6 Å². The second-order valence-electron chi connectivity index (χ2n) is 7.64. The molecule has 4 nitrogen and oxygen atoms in total. The molecule has 3 aliphatic rings. The van der Waals surface area contributed by atoms with Gasteiger partial charge >= 0.3 is 0 Å². The molecule has 2 bridgehead atoms. The van der Waals surface area contributed by atoms with Crippen molar-refractivity contribution in [3.05, 3.63) is 42.0 Å². The summed E-state index contributed by atoms with van der Waals surface area (Å²) in [7, 11) is 3.56. The Kier molecular flexibility index (Phi) is 4.00. The van der Waals surface area contributed by atoms with Crippen LogP contribution in [0, 0.1) is 0 Å². The standard InChI is InChI=1S/C21H27NO3/c1-4-11-22-12-10-20-14-16(23)8-9-21(20,25-3)18(22)13-15-6-5-7-17(24-2)19(15)20/h4-7,18H,1,8-14H2,2-3H3/t18-,20-,21?/m1/s1. The number of benzene rings is 1. The monoisotopic (exact) mass is 341 g/mol. The molecule has 134 valence electrons. The molecule has 3 atom stereocenters. The zero-order valence-electron chi connectivity index (χ0n) is 15.2. The molecule has 1 aromatic rings. The van der Waals surface area contributed by atoms with Gasteiger partial charge in [-0.05, 0) is 37.4 Å². The van der Waals surface area contributed by atoms with E-state index in [1.165, 1.54) is 11.1 Å². The summed E-state index contributed by atoms with van der Waals surface area (Å²) in [4.78, 5) is 15.1. The smallest absolute Gasteiger partial charge is 0.134 e. The summed E-state index contributed by atoms with van der Waals surface area (Å²) in [6.45, 7) is 5.76. The lowest BCUT2D eigenvalue weighted by Gasteiger charge is -2.64. The van der Waals surface area contributed by atoms with Gasteiger partial charge < -0.3 is 9.47 Å². The second kappa shape index (κ2) is 5.96. The Morgan fingerprint density at radius 3 is 2.92 bits per heavy atom. The Labute approximate surface area is 149 Å². The molecule has 1 aromatic carbocycles. The van der Waals surface area contributed by atoms with Crippen LogP contribution >= 0.6 is 0 Å². The number of rotatable bonds is 4. The number of likely N-dealkylation sites (tertiary alicyclic amines) is 1. The van der Waals surface area contributed by atoms with Crippen LogP contribution < -0.4 is 4.74 Å². The van der Waals surface area contributed by atoms with Gasteiger partial charge in [0.1, 0.15) is 11.5 Å². The fraction of sp³-hybridized carbons (Fsp3) is 0.571. The first-order valence-corrected chi connectivity index (χ1v) is 9.20. The molecule has 1 heterocycles. The van der Waals surface area contributed by atoms with Crippen molar-refractivity contribution in [2.75, 3.05) is 27.3 Å². The van der Waals surface area contributed by atoms with Gasteiger partial charge in [0, 0.05) is 43.5 Å². The zero-order chi connectivity index (χ0) is 17.7. The molecule has 1 unspecified atom stereocenters. The van der Waals surface area contributed by atoms with E-state index in [1.54, 1.807) is 7.11 Å². The highest BCUT2D eigenvalue weighted by atomic mass is 16.5. The van der Waals surface area contributed by atoms with Crippen molar-refractivity contribution in [3.63, 3.8) is 0 Å². The van der Waals surface area contributed by atoms with Crippen LogP contribution in [0.15, 0.2) is 30.9 Å². The Morgan fingerprint density at radius 1 is 1.36 bits per heavy atom. The first-order chi connectivity index (χ1) is 12.1. The highest BCUT2D eigenvalue weighted by molar-refractivity contribution is 5.83. The van der Waals surface area contributed by atoms with Gasteiger partial charge in [-0.15, -0.1) is 6.58 Å². The van der Waals surface area contributed by atoms with Gasteiger partial charge in [-0.25, -0.2) is 0 Å². The molecule has 25 heavy (non-hydrogen) atoms. The lowest BCUT2D eigenvalue weighted by Crippen LogP contribution is -2.73. The summed E-state index contributed by atoms with van der Waals surface area (Å²) >= 11 is 0. The van der Waals surface area contributed by atoms with Crippen LogP contribution in [0.2, 0.25) is 0 Å². The van der Waals surface area contributed by atoms with Crippen LogP contribution in [-0.2, 0) is 21.4 Å². The predicted molar refractivity (Wildman–Crippen MR) is 97.1 cm³/mol. The number of ketones is 1. The zero-order valence-corrected chi connectivity index (χ0v) is 15.2. The van der Waals surface area contributed by atoms with Crippen molar-refractivity contribution in [2.45, 2.75) is 49.2 Å². The molecule has 2 aliphatic carbocycles. The molecular formula is C21H27NO3. The first kappa shape index (κ1) is 16.8. The third-order valence-electron chi connectivity index (χ3n) is 6.84. The predicted octanol–water partition coefficient (Wildman–Crippen LogP) is 2.89. The second-order valence-corrected chi connectivity index (χ2v) is 7.64. The topological polar surface area (TPSA) is 38.8 Å². The maximum Gasteiger partial charge on any atom is 0.134 e. The van der Waals surface area contributed by atoms with Crippen LogP contribution in [0.3, 0.4) is 0 Å². The lowest BCUT2D eigenvalue weighted by atomic mass is 9.49. The number of carbonyl (C=O) groups is 1. The molecule has 1 saturated heterocycles. The van der Waals surface area contributed by atoms with Gasteiger partial charge in [-0.3, -0.25) is 9.69 Å². The minimum Gasteiger partial charge on any atom is -0.496 e. The van der Waals surface area contributed by atoms with Crippen molar-refractivity contribution >= 4 is 5.78 Å². The number of hydrogen-bond donors (Lipinski definition) is 0. The van der Waals surface area contributed by atoms with Crippen molar-refractivity contribution in [1.82, 2.24) is 4.90 Å². The number of methoxy groups -OCH3 is 2. The number of hydrogen-bond acceptors (Lipinski definition) is 4. The summed E-state index contributed by atoms with van der Waals surface area (Å²) < 4.78 is 12.1. The largest absolute Gasteiger partial charge is 0.496 e. The molecule has 4 heteroatoms. The minimum atomic E-state index is -0.330. The van der Waals surface area contributed by atoms with Crippen molar-refractivity contribution < 1.29 is 14.3 Å². The van der Waals surface area contributed by atoms with E-state index >= 15 is 0 Å². The van der Waals surface area contributed by atoms with Gasteiger partial charge in [-0.1, -0.05) is 18.2 Å². The number of nitrogens with zero attached hydrogens (tertiary/aromatic N) is 1. The van der Waals surface area contributed by atoms with Gasteiger partial charge in [0.2, 0.25) is 0 Å². The van der Waals surface area contributed by atoms with Gasteiger partial charge in [0.25, 0.3) is 0 Å². The highest BCUT2D eigenvalue weighted by Crippen LogP contribution is 2.60. The Balaban J connectivity index is 1.97. The maximum absolute atomic E-state index is 12.6. The van der Waals surface area contributed by atoms with Crippen LogP contribution in [0.1, 0.15) is 36.8 Å². The Morgan fingerprint density at radius 2 is 2.20 bits per heavy atom. The Hall–Kier alpha value is -1.65. The fourth-order valence-corrected chi connectivity index (χ4v) is 5.91. The normalized spacial score (nSPS) is 34.2. The number of carbonyl (C=O) groups excluding carboxylic acids is 1. The average Bonchev–Trinajstić information content (AvgIpc) is 2.63. The Bertz CT molecular complexity index is 715. The molecule has 4 rings (SSSR count). The highest BCUT2D eigenvalue weighted by Gasteiger charge is 2.66. The first-order valence-electron chi connectivity index (χ1n) is 9.20. The number of piperidine rings is 1. The van der Waals surface area contributed by atoms with Crippen LogP contribution in [0.25, 0.3) is 0 Å². The minimum absolute atomic E-state index is 0.275. The van der Waals surface area contributed by atoms with Gasteiger partial charge in [-0.2, -0.15) is 0 Å². The van der Waals surface area contributed by atoms with Crippen molar-refractivity contribution in [3.8, 4) is 5.75 Å². The third-order valence-corrected chi connectivity index (χ3v) is 6.84. The maximum atomic E-state index is 12.6. The summed E-state index contributed by atoms with van der Waals surface area (Å²) in [5, 5.41) is 0. The van der Waals surface area contributed by atoms with Gasteiger partial charge in [0.15, 0.2) is 0 Å². The molecular weight excluding hydrogens is 314 g/mol. The number of Topliss-reactive ketones (excluding diaryl/α,β-unsaturated/α-hetero) is 1. The van der Waals surface area contributed by atoms with E-state index < -0.39 is 0 Å². The molecule has 0 amide bonds. The van der Waals surface area contributed by atoms with E-state index in [9.17, 15) is 4.79 Å². The molecule has 2 fully saturated rings. The SMILES string of the molecule is C=CCN1CC[C@]23CC(=O)CCC2(OC)[C@H]1Cc1cccc(OC)c13. The molecule has 1 saturated carbocycles. The van der Waals surface area contributed by atoms with Crippen molar-refractivity contribution in [2.24, 2.45) is 0 Å². The molecule has 0 N–H and O–H groups in total. The van der Waals surface area contributed by atoms with E-state index in [4.69, 9.17) is 9.47 Å². The van der Waals surface area contributed by atoms with Gasteiger partial charge in [0.05, 0.1) is 12.7 Å². The van der Waals surface area contributed by atoms with Crippen molar-refractivity contribution in [1.29, 1.82) is 0 Å². The summed E-state index contributed by atoms with van der Waals surface area (Å²) in [6, 6.07) is 6.57. The summed E-state index contributed by atoms with van der Waals surface area (Å²) in [6.07, 6.45) is 5.79. The molecule has 0 radical (unpaired) electrons. The third kappa shape index (κ3) is 2.10. The van der Waals surface area contributed by atoms with Crippen LogP contribution in [0.4, 0.5) is 0 Å². The summed E-state index contributed by atoms with van der Waals surface area (Å²) in [5.41, 5.74) is 1.92. The summed E-state index contributed by atoms with van der Waals surface area (Å²) in [5.74, 6) is 1.26. The van der Waals surface area contributed by atoms with E-state index in [2.05, 4.69) is 23.6 Å². The van der Waals surface area contributed by atoms with E-state index in [-0.39, 0.29) is 17.1 Å². The quantitative estimate of drug-likeness (QED) is 0.790. The number of fused-ring (bicyclic) bond motifs is 1. The van der Waals surface area contributed by atoms with E-state index in [0.717, 1.165) is 38.1 Å². The average molecular weight is 341 g/mol.